The number of quaternary nitrogens is 1. The quantitative estimate of drug-likeness (QED) is 0.392. The van der Waals surface area contributed by atoms with E-state index < -0.39 is 0 Å². The summed E-state index contributed by atoms with van der Waals surface area (Å²) in [5, 5.41) is 0. The second-order valence-corrected chi connectivity index (χ2v) is 4.80. The molecule has 0 aliphatic heterocycles. The summed E-state index contributed by atoms with van der Waals surface area (Å²) in [6.45, 7) is 11.0. The molecule has 0 aliphatic rings. The standard InChI is InChI=1S/C13H30N/c1-5-8-10-11-13-14(4,7-3)12-9-6-2/h5-13H2,1-4H3/q+1. The van der Waals surface area contributed by atoms with Crippen LogP contribution in [0.5, 0.6) is 0 Å². The number of nitrogens with zero attached hydrogens (tertiary/aromatic N) is 1. The minimum absolute atomic E-state index is 1.29. The van der Waals surface area contributed by atoms with Crippen LogP contribution in [-0.4, -0.2) is 31.2 Å². The number of rotatable bonds is 9. The molecular formula is C13H30N+. The summed E-state index contributed by atoms with van der Waals surface area (Å²) in [5.41, 5.74) is 0. The summed E-state index contributed by atoms with van der Waals surface area (Å²) in [5.74, 6) is 0. The molecule has 0 aromatic rings. The first-order chi connectivity index (χ1) is 6.68. The van der Waals surface area contributed by atoms with E-state index in [1.165, 1.54) is 62.6 Å². The summed E-state index contributed by atoms with van der Waals surface area (Å²) < 4.78 is 1.29. The average Bonchev–Trinajstić information content (AvgIpc) is 2.22. The van der Waals surface area contributed by atoms with E-state index in [2.05, 4.69) is 27.8 Å². The van der Waals surface area contributed by atoms with E-state index in [-0.39, 0.29) is 0 Å². The molecule has 0 aromatic carbocycles. The van der Waals surface area contributed by atoms with Crippen LogP contribution >= 0.6 is 0 Å². The van der Waals surface area contributed by atoms with Crippen molar-refractivity contribution in [2.24, 2.45) is 0 Å². The molecule has 0 amide bonds. The predicted octanol–water partition coefficient (Wildman–Crippen LogP) is 3.83. The van der Waals surface area contributed by atoms with Gasteiger partial charge in [0.25, 0.3) is 0 Å². The molecule has 0 aliphatic carbocycles. The normalized spacial score (nSPS) is 15.4. The molecule has 1 heteroatoms. The summed E-state index contributed by atoms with van der Waals surface area (Å²) in [4.78, 5) is 0. The number of hydrogen-bond acceptors (Lipinski definition) is 0. The lowest BCUT2D eigenvalue weighted by molar-refractivity contribution is -0.908. The predicted molar refractivity (Wildman–Crippen MR) is 65.5 cm³/mol. The van der Waals surface area contributed by atoms with Crippen LogP contribution in [-0.2, 0) is 0 Å². The van der Waals surface area contributed by atoms with Crippen molar-refractivity contribution < 1.29 is 4.48 Å². The van der Waals surface area contributed by atoms with E-state index >= 15 is 0 Å². The third-order valence-electron chi connectivity index (χ3n) is 3.37. The first-order valence-electron chi connectivity index (χ1n) is 6.52. The highest BCUT2D eigenvalue weighted by atomic mass is 15.3. The maximum absolute atomic E-state index is 2.42. The Balaban J connectivity index is 3.63. The Bertz CT molecular complexity index is 122. The molecule has 0 heterocycles. The SMILES string of the molecule is CCCCCC[N+](C)(CC)CCCC. The van der Waals surface area contributed by atoms with Crippen molar-refractivity contribution >= 4 is 0 Å². The van der Waals surface area contributed by atoms with Crippen LogP contribution in [0.25, 0.3) is 0 Å². The van der Waals surface area contributed by atoms with Crippen molar-refractivity contribution in [3.63, 3.8) is 0 Å². The molecule has 86 valence electrons. The second kappa shape index (κ2) is 8.28. The van der Waals surface area contributed by atoms with Gasteiger partial charge in [-0.3, -0.25) is 0 Å². The van der Waals surface area contributed by atoms with E-state index in [0.29, 0.717) is 0 Å². The topological polar surface area (TPSA) is 0 Å². The summed E-state index contributed by atoms with van der Waals surface area (Å²) >= 11 is 0. The Labute approximate surface area is 91.1 Å². The molecular weight excluding hydrogens is 170 g/mol. The van der Waals surface area contributed by atoms with Crippen molar-refractivity contribution in [3.8, 4) is 0 Å². The van der Waals surface area contributed by atoms with Crippen LogP contribution in [0.2, 0.25) is 0 Å². The van der Waals surface area contributed by atoms with Crippen LogP contribution in [0.1, 0.15) is 59.3 Å². The molecule has 0 fully saturated rings. The van der Waals surface area contributed by atoms with Gasteiger partial charge in [-0.1, -0.05) is 33.1 Å². The van der Waals surface area contributed by atoms with Gasteiger partial charge >= 0.3 is 0 Å². The average molecular weight is 200 g/mol. The Kier molecular flexibility index (Phi) is 8.26. The summed E-state index contributed by atoms with van der Waals surface area (Å²) in [7, 11) is 2.42. The first kappa shape index (κ1) is 14.0. The third kappa shape index (κ3) is 6.42. The molecule has 1 atom stereocenters. The van der Waals surface area contributed by atoms with Gasteiger partial charge < -0.3 is 4.48 Å². The van der Waals surface area contributed by atoms with Crippen molar-refractivity contribution in [3.05, 3.63) is 0 Å². The maximum atomic E-state index is 2.42. The van der Waals surface area contributed by atoms with Gasteiger partial charge in [-0.05, 0) is 26.2 Å². The van der Waals surface area contributed by atoms with Gasteiger partial charge in [0.2, 0.25) is 0 Å². The van der Waals surface area contributed by atoms with Crippen molar-refractivity contribution in [1.29, 1.82) is 0 Å². The highest BCUT2D eigenvalue weighted by Crippen LogP contribution is 2.09. The van der Waals surface area contributed by atoms with E-state index in [4.69, 9.17) is 0 Å². The minimum Gasteiger partial charge on any atom is -0.326 e. The fourth-order valence-electron chi connectivity index (χ4n) is 1.89. The molecule has 0 rings (SSSR count). The number of hydrogen-bond donors (Lipinski definition) is 0. The molecule has 0 bridgehead atoms. The van der Waals surface area contributed by atoms with Gasteiger partial charge in [0.15, 0.2) is 0 Å². The Hall–Kier alpha value is -0.0400. The summed E-state index contributed by atoms with van der Waals surface area (Å²) in [6.07, 6.45) is 8.33. The highest BCUT2D eigenvalue weighted by Gasteiger charge is 2.16. The van der Waals surface area contributed by atoms with Crippen LogP contribution in [0.3, 0.4) is 0 Å². The molecule has 0 N–H and O–H groups in total. The van der Waals surface area contributed by atoms with E-state index in [1.807, 2.05) is 0 Å². The molecule has 0 radical (unpaired) electrons. The fourth-order valence-corrected chi connectivity index (χ4v) is 1.89. The lowest BCUT2D eigenvalue weighted by Crippen LogP contribution is -2.45. The molecule has 14 heavy (non-hydrogen) atoms. The zero-order valence-corrected chi connectivity index (χ0v) is 10.8. The van der Waals surface area contributed by atoms with Crippen LogP contribution in [0.15, 0.2) is 0 Å². The first-order valence-corrected chi connectivity index (χ1v) is 6.52. The largest absolute Gasteiger partial charge is 0.326 e. The number of unbranched alkanes of at least 4 members (excludes halogenated alkanes) is 4. The van der Waals surface area contributed by atoms with Gasteiger partial charge in [0.1, 0.15) is 0 Å². The Morgan fingerprint density at radius 3 is 1.79 bits per heavy atom. The second-order valence-electron chi connectivity index (χ2n) is 4.80. The van der Waals surface area contributed by atoms with Crippen molar-refractivity contribution in [1.82, 2.24) is 0 Å². The monoisotopic (exact) mass is 200 g/mol. The van der Waals surface area contributed by atoms with Gasteiger partial charge in [0.05, 0.1) is 26.7 Å². The zero-order valence-electron chi connectivity index (χ0n) is 10.8. The smallest absolute Gasteiger partial charge is 0.0784 e. The van der Waals surface area contributed by atoms with E-state index in [1.54, 1.807) is 0 Å². The van der Waals surface area contributed by atoms with Crippen LogP contribution in [0, 0.1) is 0 Å². The lowest BCUT2D eigenvalue weighted by Gasteiger charge is -2.33. The fraction of sp³-hybridized carbons (Fsp3) is 1.00. The van der Waals surface area contributed by atoms with Crippen LogP contribution in [0.4, 0.5) is 0 Å². The highest BCUT2D eigenvalue weighted by molar-refractivity contribution is 4.43. The van der Waals surface area contributed by atoms with E-state index in [0.717, 1.165) is 0 Å². The minimum atomic E-state index is 1.29. The molecule has 0 spiro atoms. The molecule has 0 aromatic heterocycles. The zero-order chi connectivity index (χ0) is 10.9. The molecule has 1 unspecified atom stereocenters. The molecule has 1 nitrogen and oxygen atoms in total. The molecule has 0 saturated carbocycles. The van der Waals surface area contributed by atoms with Gasteiger partial charge in [-0.25, -0.2) is 0 Å². The molecule has 0 saturated heterocycles. The van der Waals surface area contributed by atoms with Gasteiger partial charge in [-0.2, -0.15) is 0 Å². The Morgan fingerprint density at radius 1 is 0.714 bits per heavy atom. The van der Waals surface area contributed by atoms with Crippen molar-refractivity contribution in [2.45, 2.75) is 59.3 Å². The van der Waals surface area contributed by atoms with Crippen molar-refractivity contribution in [2.75, 3.05) is 26.7 Å². The lowest BCUT2D eigenvalue weighted by atomic mass is 10.1. The Morgan fingerprint density at radius 2 is 1.29 bits per heavy atom. The third-order valence-corrected chi connectivity index (χ3v) is 3.37. The summed E-state index contributed by atoms with van der Waals surface area (Å²) in [6, 6.07) is 0. The van der Waals surface area contributed by atoms with Gasteiger partial charge in [0, 0.05) is 0 Å². The van der Waals surface area contributed by atoms with E-state index in [9.17, 15) is 0 Å². The van der Waals surface area contributed by atoms with Gasteiger partial charge in [-0.15, -0.1) is 0 Å². The van der Waals surface area contributed by atoms with Crippen LogP contribution < -0.4 is 0 Å². The maximum Gasteiger partial charge on any atom is 0.0784 e.